The maximum absolute atomic E-state index is 5.42. The second-order valence-corrected chi connectivity index (χ2v) is 4.77. The van der Waals surface area contributed by atoms with E-state index < -0.39 is 0 Å². The molecule has 0 radical (unpaired) electrons. The van der Waals surface area contributed by atoms with Crippen LogP contribution >= 0.6 is 0 Å². The fourth-order valence-corrected chi connectivity index (χ4v) is 2.34. The topological polar surface area (TPSA) is 28.4 Å². The van der Waals surface area contributed by atoms with Gasteiger partial charge in [-0.15, -0.1) is 0 Å². The molecule has 0 aliphatic rings. The van der Waals surface area contributed by atoms with E-state index in [0.717, 1.165) is 18.8 Å². The zero-order valence-corrected chi connectivity index (χ0v) is 11.9. The normalized spacial score (nSPS) is 12.4. The minimum Gasteiger partial charge on any atom is -0.467 e. The molecule has 1 aromatic heterocycles. The molecule has 0 saturated carbocycles. The van der Waals surface area contributed by atoms with Crippen molar-refractivity contribution >= 4 is 5.69 Å². The van der Waals surface area contributed by atoms with Crippen molar-refractivity contribution in [2.75, 3.05) is 18.5 Å². The molecule has 1 heterocycles. The van der Waals surface area contributed by atoms with Gasteiger partial charge in [0.2, 0.25) is 0 Å². The van der Waals surface area contributed by atoms with E-state index in [9.17, 15) is 0 Å². The van der Waals surface area contributed by atoms with Crippen molar-refractivity contribution in [3.05, 3.63) is 54.0 Å². The number of para-hydroxylation sites is 1. The number of hydrogen-bond acceptors (Lipinski definition) is 3. The summed E-state index contributed by atoms with van der Waals surface area (Å²) in [7, 11) is 2.10. The standard InChI is InChI=1S/C16H22N2O/c1-4-17-13(2)15-9-5-6-10-16(15)18(3)12-14-8-7-11-19-14/h5-11,13,17H,4,12H2,1-3H3. The zero-order valence-electron chi connectivity index (χ0n) is 11.9. The minimum atomic E-state index is 0.347. The van der Waals surface area contributed by atoms with Gasteiger partial charge in [0.05, 0.1) is 12.8 Å². The summed E-state index contributed by atoms with van der Waals surface area (Å²) in [6.45, 7) is 6.08. The third-order valence-corrected chi connectivity index (χ3v) is 3.30. The van der Waals surface area contributed by atoms with Crippen molar-refractivity contribution in [3.63, 3.8) is 0 Å². The molecule has 19 heavy (non-hydrogen) atoms. The van der Waals surface area contributed by atoms with Crippen LogP contribution in [0.4, 0.5) is 5.69 Å². The highest BCUT2D eigenvalue weighted by Gasteiger charge is 2.13. The highest BCUT2D eigenvalue weighted by atomic mass is 16.3. The second kappa shape index (κ2) is 6.43. The quantitative estimate of drug-likeness (QED) is 0.858. The Hall–Kier alpha value is -1.74. The Balaban J connectivity index is 2.18. The molecule has 2 rings (SSSR count). The lowest BCUT2D eigenvalue weighted by atomic mass is 10.1. The summed E-state index contributed by atoms with van der Waals surface area (Å²) < 4.78 is 5.42. The summed E-state index contributed by atoms with van der Waals surface area (Å²) in [5, 5.41) is 3.47. The van der Waals surface area contributed by atoms with Crippen LogP contribution in [0.25, 0.3) is 0 Å². The third-order valence-electron chi connectivity index (χ3n) is 3.30. The third kappa shape index (κ3) is 3.38. The van der Waals surface area contributed by atoms with Crippen molar-refractivity contribution in [3.8, 4) is 0 Å². The molecule has 0 saturated heterocycles. The number of benzene rings is 1. The van der Waals surface area contributed by atoms with Gasteiger partial charge in [0.15, 0.2) is 0 Å². The first-order chi connectivity index (χ1) is 9.22. The average Bonchev–Trinajstić information content (AvgIpc) is 2.92. The van der Waals surface area contributed by atoms with E-state index in [4.69, 9.17) is 4.42 Å². The van der Waals surface area contributed by atoms with E-state index in [-0.39, 0.29) is 0 Å². The summed E-state index contributed by atoms with van der Waals surface area (Å²) in [5.41, 5.74) is 2.56. The number of anilines is 1. The van der Waals surface area contributed by atoms with Gasteiger partial charge in [0.25, 0.3) is 0 Å². The first kappa shape index (κ1) is 13.7. The summed E-state index contributed by atoms with van der Waals surface area (Å²) in [6, 6.07) is 12.8. The van der Waals surface area contributed by atoms with Crippen molar-refractivity contribution in [1.29, 1.82) is 0 Å². The van der Waals surface area contributed by atoms with Gasteiger partial charge in [-0.25, -0.2) is 0 Å². The van der Waals surface area contributed by atoms with Crippen molar-refractivity contribution in [2.45, 2.75) is 26.4 Å². The Kier molecular flexibility index (Phi) is 4.63. The molecule has 0 bridgehead atoms. The highest BCUT2D eigenvalue weighted by Crippen LogP contribution is 2.26. The number of furan rings is 1. The van der Waals surface area contributed by atoms with Crippen LogP contribution in [0.5, 0.6) is 0 Å². The zero-order chi connectivity index (χ0) is 13.7. The Morgan fingerprint density at radius 1 is 1.21 bits per heavy atom. The molecule has 1 unspecified atom stereocenters. The summed E-state index contributed by atoms with van der Waals surface area (Å²) in [6.07, 6.45) is 1.72. The molecule has 0 aliphatic carbocycles. The fraction of sp³-hybridized carbons (Fsp3) is 0.375. The lowest BCUT2D eigenvalue weighted by Crippen LogP contribution is -2.23. The van der Waals surface area contributed by atoms with Crippen LogP contribution < -0.4 is 10.2 Å². The van der Waals surface area contributed by atoms with E-state index in [1.54, 1.807) is 6.26 Å². The van der Waals surface area contributed by atoms with Crippen molar-refractivity contribution < 1.29 is 4.42 Å². The second-order valence-electron chi connectivity index (χ2n) is 4.77. The number of rotatable bonds is 6. The van der Waals surface area contributed by atoms with Crippen LogP contribution in [0.2, 0.25) is 0 Å². The molecule has 3 heteroatoms. The van der Waals surface area contributed by atoms with Crippen LogP contribution in [-0.4, -0.2) is 13.6 Å². The predicted molar refractivity (Wildman–Crippen MR) is 79.3 cm³/mol. The number of hydrogen-bond donors (Lipinski definition) is 1. The molecule has 1 atom stereocenters. The molecule has 1 N–H and O–H groups in total. The van der Waals surface area contributed by atoms with Gasteiger partial charge in [-0.1, -0.05) is 25.1 Å². The molecule has 3 nitrogen and oxygen atoms in total. The van der Waals surface area contributed by atoms with Crippen molar-refractivity contribution in [2.24, 2.45) is 0 Å². The maximum atomic E-state index is 5.42. The first-order valence-corrected chi connectivity index (χ1v) is 6.78. The molecular formula is C16H22N2O. The van der Waals surface area contributed by atoms with Gasteiger partial charge >= 0.3 is 0 Å². The highest BCUT2D eigenvalue weighted by molar-refractivity contribution is 5.54. The van der Waals surface area contributed by atoms with Crippen molar-refractivity contribution in [1.82, 2.24) is 5.32 Å². The summed E-state index contributed by atoms with van der Waals surface area (Å²) in [5.74, 6) is 0.980. The van der Waals surface area contributed by atoms with Crippen LogP contribution in [0.3, 0.4) is 0 Å². The molecule has 0 aliphatic heterocycles. The summed E-state index contributed by atoms with van der Waals surface area (Å²) in [4.78, 5) is 2.22. The number of nitrogens with one attached hydrogen (secondary N) is 1. The van der Waals surface area contributed by atoms with Crippen LogP contribution in [0, 0.1) is 0 Å². The molecule has 0 fully saturated rings. The van der Waals surface area contributed by atoms with Gasteiger partial charge in [0.1, 0.15) is 5.76 Å². The Labute approximate surface area is 115 Å². The van der Waals surface area contributed by atoms with E-state index in [0.29, 0.717) is 6.04 Å². The maximum Gasteiger partial charge on any atom is 0.123 e. The van der Waals surface area contributed by atoms with Gasteiger partial charge < -0.3 is 14.6 Å². The molecule has 1 aromatic carbocycles. The molecule has 102 valence electrons. The van der Waals surface area contributed by atoms with Crippen LogP contribution in [0.1, 0.15) is 31.2 Å². The minimum absolute atomic E-state index is 0.347. The molecule has 0 amide bonds. The first-order valence-electron chi connectivity index (χ1n) is 6.78. The van der Waals surface area contributed by atoms with Crippen LogP contribution in [0.15, 0.2) is 47.1 Å². The Morgan fingerprint density at radius 3 is 2.68 bits per heavy atom. The molecule has 0 spiro atoms. The Bertz CT molecular complexity index is 493. The van der Waals surface area contributed by atoms with Gasteiger partial charge in [-0.3, -0.25) is 0 Å². The lowest BCUT2D eigenvalue weighted by Gasteiger charge is -2.24. The van der Waals surface area contributed by atoms with Gasteiger partial charge in [-0.2, -0.15) is 0 Å². The van der Waals surface area contributed by atoms with E-state index in [1.165, 1.54) is 11.3 Å². The predicted octanol–water partition coefficient (Wildman–Crippen LogP) is 3.59. The smallest absolute Gasteiger partial charge is 0.123 e. The summed E-state index contributed by atoms with van der Waals surface area (Å²) >= 11 is 0. The SMILES string of the molecule is CCNC(C)c1ccccc1N(C)Cc1ccco1. The fourth-order valence-electron chi connectivity index (χ4n) is 2.34. The van der Waals surface area contributed by atoms with Gasteiger partial charge in [0, 0.05) is 18.8 Å². The van der Waals surface area contributed by atoms with E-state index in [1.807, 2.05) is 12.1 Å². The molecule has 2 aromatic rings. The monoisotopic (exact) mass is 258 g/mol. The average molecular weight is 258 g/mol. The number of nitrogens with zero attached hydrogens (tertiary/aromatic N) is 1. The van der Waals surface area contributed by atoms with Crippen LogP contribution in [-0.2, 0) is 6.54 Å². The largest absolute Gasteiger partial charge is 0.467 e. The van der Waals surface area contributed by atoms with E-state index in [2.05, 4.69) is 55.4 Å². The van der Waals surface area contributed by atoms with Gasteiger partial charge in [-0.05, 0) is 37.2 Å². The molecular weight excluding hydrogens is 236 g/mol. The lowest BCUT2D eigenvalue weighted by molar-refractivity contribution is 0.506. The Morgan fingerprint density at radius 2 is 2.00 bits per heavy atom. The van der Waals surface area contributed by atoms with E-state index >= 15 is 0 Å².